The van der Waals surface area contributed by atoms with Crippen molar-refractivity contribution in [3.63, 3.8) is 0 Å². The van der Waals surface area contributed by atoms with Crippen LogP contribution in [0.4, 0.5) is 9.59 Å². The highest BCUT2D eigenvalue weighted by atomic mass is 32.2. The molecule has 0 aliphatic heterocycles. The number of nitrogens with one attached hydrogen (secondary N) is 4. The van der Waals surface area contributed by atoms with Crippen molar-refractivity contribution in [3.8, 4) is 11.1 Å². The molecule has 0 radical (unpaired) electrons. The first-order chi connectivity index (χ1) is 41.5. The number of carbonyl (C=O) groups excluding carboxylic acids is 6. The largest absolute Gasteiger partial charge is 0.460 e. The van der Waals surface area contributed by atoms with E-state index in [4.69, 9.17) is 18.9 Å². The van der Waals surface area contributed by atoms with Crippen LogP contribution in [0.15, 0.2) is 157 Å². The molecule has 17 nitrogen and oxygen atoms in total. The van der Waals surface area contributed by atoms with Gasteiger partial charge in [-0.25, -0.2) is 27.5 Å². The summed E-state index contributed by atoms with van der Waals surface area (Å²) in [5.41, 5.74) is 3.84. The van der Waals surface area contributed by atoms with Crippen LogP contribution in [0.25, 0.3) is 11.1 Å². The predicted octanol–water partition coefficient (Wildman–Crippen LogP) is 11.5. The van der Waals surface area contributed by atoms with Gasteiger partial charge in [0.25, 0.3) is 0 Å². The van der Waals surface area contributed by atoms with E-state index >= 15 is 18.0 Å². The van der Waals surface area contributed by atoms with E-state index in [2.05, 4.69) is 20.7 Å². The van der Waals surface area contributed by atoms with Gasteiger partial charge in [0, 0.05) is 12.0 Å². The minimum Gasteiger partial charge on any atom is -0.460 e. The molecule has 0 heterocycles. The molecule has 4 amide bonds. The predicted molar refractivity (Wildman–Crippen MR) is 339 cm³/mol. The van der Waals surface area contributed by atoms with Crippen molar-refractivity contribution in [2.24, 2.45) is 5.92 Å². The van der Waals surface area contributed by atoms with Crippen LogP contribution in [0.2, 0.25) is 0 Å². The van der Waals surface area contributed by atoms with Gasteiger partial charge in [-0.05, 0) is 139 Å². The van der Waals surface area contributed by atoms with Gasteiger partial charge in [-0.3, -0.25) is 19.3 Å². The second-order valence-corrected chi connectivity index (χ2v) is 26.9. The third kappa shape index (κ3) is 17.2. The lowest BCUT2D eigenvalue weighted by molar-refractivity contribution is -0.160. The number of amides is 4. The molecule has 0 saturated carbocycles. The van der Waals surface area contributed by atoms with Crippen molar-refractivity contribution in [2.75, 3.05) is 13.2 Å². The SMILES string of the molecule is Cc1cc(C)c(S(=O)(=O)N[C@H](CC(C)C)[C@H](CN(C(=O)OC(C)(C)C)[C@@H](CC(=O)OC(C)(C)C)C(=O)NC(C)C)OC(=O)[C@H](CC(=O)NC(c2ccccc2)(c2ccccc2)c2ccccc2)NC(=O)OCC2c3ccccc3-c3ccccc32)c(C)c1. The first-order valence-corrected chi connectivity index (χ1v) is 31.4. The van der Waals surface area contributed by atoms with Gasteiger partial charge >= 0.3 is 24.1 Å². The van der Waals surface area contributed by atoms with Crippen LogP contribution in [0.5, 0.6) is 0 Å². The minimum atomic E-state index is -4.54. The maximum atomic E-state index is 15.8. The highest BCUT2D eigenvalue weighted by molar-refractivity contribution is 7.89. The standard InChI is InChI=1S/C70H85N5O12S/c1-44(2)37-57(74-88(82,83)63-47(6)38-46(5)39-48(63)7)60(42-75(67(81)87-69(11,12)13)59(64(78)71-45(3)4)41-62(77)86-68(8,9)10)85-65(79)58(72-66(80)84-43-56-54-35-25-23-33-52(54)53-34-24-26-36-55(53)56)40-61(76)73-70(49-27-17-14-18-28-49,50-29-19-15-20-30-50)51-31-21-16-22-32-51/h14-36,38-39,44-45,56-60,74H,37,40-43H2,1-13H3,(H,71,78)(H,72,80)(H,73,76)/t57-,58+,59+,60+/m1/s1. The molecule has 0 spiro atoms. The second kappa shape index (κ2) is 28.7. The summed E-state index contributed by atoms with van der Waals surface area (Å²) >= 11 is 0. The van der Waals surface area contributed by atoms with Crippen molar-refractivity contribution in [2.45, 2.75) is 167 Å². The quantitative estimate of drug-likeness (QED) is 0.0252. The number of alkyl carbamates (subject to hydrolysis) is 1. The van der Waals surface area contributed by atoms with Gasteiger partial charge in [0.05, 0.1) is 30.3 Å². The molecule has 0 aromatic heterocycles. The van der Waals surface area contributed by atoms with E-state index < -0.39 is 118 Å². The molecule has 7 rings (SSSR count). The molecule has 88 heavy (non-hydrogen) atoms. The van der Waals surface area contributed by atoms with Crippen LogP contribution >= 0.6 is 0 Å². The number of fused-ring (bicyclic) bond motifs is 3. The fourth-order valence-corrected chi connectivity index (χ4v) is 13.2. The summed E-state index contributed by atoms with van der Waals surface area (Å²) < 4.78 is 57.2. The number of carbonyl (C=O) groups is 6. The molecule has 0 unspecified atom stereocenters. The van der Waals surface area contributed by atoms with Crippen molar-refractivity contribution >= 4 is 46.0 Å². The lowest BCUT2D eigenvalue weighted by Gasteiger charge is -2.38. The lowest BCUT2D eigenvalue weighted by atomic mass is 9.77. The fourth-order valence-electron chi connectivity index (χ4n) is 11.4. The van der Waals surface area contributed by atoms with Gasteiger partial charge in [-0.1, -0.05) is 171 Å². The summed E-state index contributed by atoms with van der Waals surface area (Å²) in [5, 5.41) is 8.71. The first kappa shape index (κ1) is 67.2. The normalized spacial score (nSPS) is 13.9. The molecular weight excluding hydrogens is 1130 g/mol. The average molecular weight is 1220 g/mol. The summed E-state index contributed by atoms with van der Waals surface area (Å²) in [7, 11) is -4.54. The Labute approximate surface area is 518 Å². The second-order valence-electron chi connectivity index (χ2n) is 25.3. The zero-order valence-corrected chi connectivity index (χ0v) is 53.6. The third-order valence-electron chi connectivity index (χ3n) is 14.8. The Kier molecular flexibility index (Phi) is 21.9. The molecule has 468 valence electrons. The van der Waals surface area contributed by atoms with E-state index in [1.54, 1.807) is 81.4 Å². The van der Waals surface area contributed by atoms with E-state index in [1.165, 1.54) is 0 Å². The van der Waals surface area contributed by atoms with Gasteiger partial charge < -0.3 is 34.9 Å². The van der Waals surface area contributed by atoms with Crippen LogP contribution in [0.1, 0.15) is 139 Å². The number of hydrogen-bond donors (Lipinski definition) is 4. The van der Waals surface area contributed by atoms with Crippen molar-refractivity contribution in [3.05, 3.63) is 196 Å². The summed E-state index contributed by atoms with van der Waals surface area (Å²) in [6.07, 6.45) is -5.50. The van der Waals surface area contributed by atoms with Crippen molar-refractivity contribution < 1.29 is 56.1 Å². The molecule has 1 aliphatic rings. The average Bonchev–Trinajstić information content (AvgIpc) is 1.85. The molecule has 18 heteroatoms. The van der Waals surface area contributed by atoms with Crippen LogP contribution in [0.3, 0.4) is 0 Å². The molecule has 1 aliphatic carbocycles. The number of nitrogens with zero attached hydrogens (tertiary/aromatic N) is 1. The van der Waals surface area contributed by atoms with E-state index in [1.807, 2.05) is 160 Å². The molecule has 0 bridgehead atoms. The van der Waals surface area contributed by atoms with Gasteiger partial charge in [0.2, 0.25) is 21.8 Å². The Bertz CT molecular complexity index is 3380. The Hall–Kier alpha value is -8.35. The van der Waals surface area contributed by atoms with Gasteiger partial charge in [0.15, 0.2) is 0 Å². The first-order valence-electron chi connectivity index (χ1n) is 29.9. The molecule has 6 aromatic carbocycles. The van der Waals surface area contributed by atoms with Crippen LogP contribution in [0, 0.1) is 26.7 Å². The monoisotopic (exact) mass is 1220 g/mol. The van der Waals surface area contributed by atoms with E-state index in [0.717, 1.165) is 32.7 Å². The Morgan fingerprint density at radius 2 is 1.09 bits per heavy atom. The lowest BCUT2D eigenvalue weighted by Crippen LogP contribution is -2.59. The fraction of sp³-hybridized carbons (Fsp3) is 0.400. The summed E-state index contributed by atoms with van der Waals surface area (Å²) in [5.74, 6) is -4.38. The molecule has 6 aromatic rings. The van der Waals surface area contributed by atoms with E-state index in [9.17, 15) is 19.2 Å². The number of aryl methyl sites for hydroxylation is 3. The van der Waals surface area contributed by atoms with Gasteiger partial charge in [-0.2, -0.15) is 0 Å². The maximum absolute atomic E-state index is 15.8. The Morgan fingerprint density at radius 3 is 1.56 bits per heavy atom. The number of sulfonamides is 1. The van der Waals surface area contributed by atoms with Crippen LogP contribution in [-0.4, -0.2) is 104 Å². The Balaban J connectivity index is 1.37. The molecular formula is C70H85N5O12S. The van der Waals surface area contributed by atoms with Crippen molar-refractivity contribution in [1.29, 1.82) is 0 Å². The topological polar surface area (TPSA) is 225 Å². The van der Waals surface area contributed by atoms with Crippen molar-refractivity contribution in [1.82, 2.24) is 25.6 Å². The van der Waals surface area contributed by atoms with Gasteiger partial charge in [0.1, 0.15) is 41.5 Å². The number of esters is 2. The van der Waals surface area contributed by atoms with Gasteiger partial charge in [-0.15, -0.1) is 0 Å². The number of ether oxygens (including phenoxy) is 4. The minimum absolute atomic E-state index is 0.0368. The molecule has 4 N–H and O–H groups in total. The van der Waals surface area contributed by atoms with Crippen LogP contribution < -0.4 is 20.7 Å². The molecule has 0 saturated heterocycles. The molecule has 4 atom stereocenters. The Morgan fingerprint density at radius 1 is 0.614 bits per heavy atom. The highest BCUT2D eigenvalue weighted by Crippen LogP contribution is 2.45. The third-order valence-corrected chi connectivity index (χ3v) is 16.6. The van der Waals surface area contributed by atoms with E-state index in [-0.39, 0.29) is 23.8 Å². The van der Waals surface area contributed by atoms with E-state index in [0.29, 0.717) is 27.8 Å². The zero-order valence-electron chi connectivity index (χ0n) is 52.8. The molecule has 0 fully saturated rings. The summed E-state index contributed by atoms with van der Waals surface area (Å²) in [6.45, 7) is 21.0. The number of rotatable bonds is 24. The van der Waals surface area contributed by atoms with Crippen LogP contribution in [-0.2, 0) is 53.7 Å². The number of benzene rings is 6. The summed E-state index contributed by atoms with van der Waals surface area (Å²) in [4.78, 5) is 90.2. The highest BCUT2D eigenvalue weighted by Gasteiger charge is 2.44. The number of hydrogen-bond acceptors (Lipinski definition) is 12. The maximum Gasteiger partial charge on any atom is 0.411 e. The summed E-state index contributed by atoms with van der Waals surface area (Å²) in [6, 6.07) is 41.3. The smallest absolute Gasteiger partial charge is 0.411 e. The zero-order chi connectivity index (χ0) is 64.3.